The van der Waals surface area contributed by atoms with Gasteiger partial charge in [0.25, 0.3) is 11.8 Å². The van der Waals surface area contributed by atoms with Crippen molar-refractivity contribution in [3.8, 4) is 5.75 Å². The molecule has 0 bridgehead atoms. The van der Waals surface area contributed by atoms with Gasteiger partial charge in [-0.3, -0.25) is 9.59 Å². The quantitative estimate of drug-likeness (QED) is 0.272. The number of hydrogen-bond donors (Lipinski definition) is 2. The highest BCUT2D eigenvalue weighted by molar-refractivity contribution is 9.11. The first-order chi connectivity index (χ1) is 15.7. The van der Waals surface area contributed by atoms with Crippen molar-refractivity contribution in [2.24, 2.45) is 5.10 Å². The summed E-state index contributed by atoms with van der Waals surface area (Å²) >= 11 is 6.90. The van der Waals surface area contributed by atoms with Gasteiger partial charge < -0.3 is 10.1 Å². The van der Waals surface area contributed by atoms with E-state index >= 15 is 0 Å². The smallest absolute Gasteiger partial charge is 0.271 e. The zero-order valence-corrected chi connectivity index (χ0v) is 21.6. The second-order valence-electron chi connectivity index (χ2n) is 7.46. The van der Waals surface area contributed by atoms with Gasteiger partial charge in [0.05, 0.1) is 10.7 Å². The molecule has 3 aromatic carbocycles. The standard InChI is InChI=1S/C25H23Br2N3O3/c1-15-7-9-18(10-8-15)25(32)30-28-13-19-11-20(26)12-21(27)24(19)33-14-23(31)29-22-6-4-5-16(2)17(22)3/h4-13H,14H2,1-3H3,(H,29,31)(H,30,32)/b28-13+. The molecule has 33 heavy (non-hydrogen) atoms. The van der Waals surface area contributed by atoms with E-state index in [2.05, 4.69) is 47.7 Å². The predicted molar refractivity (Wildman–Crippen MR) is 138 cm³/mol. The Labute approximate surface area is 209 Å². The molecule has 0 aliphatic heterocycles. The average Bonchev–Trinajstić information content (AvgIpc) is 2.76. The lowest BCUT2D eigenvalue weighted by Gasteiger charge is -2.13. The molecule has 0 aliphatic carbocycles. The lowest BCUT2D eigenvalue weighted by Crippen LogP contribution is -2.21. The molecular formula is C25H23Br2N3O3. The molecular weight excluding hydrogens is 550 g/mol. The van der Waals surface area contributed by atoms with E-state index in [1.807, 2.05) is 51.1 Å². The fourth-order valence-corrected chi connectivity index (χ4v) is 4.34. The minimum absolute atomic E-state index is 0.190. The lowest BCUT2D eigenvalue weighted by atomic mass is 10.1. The molecule has 0 fully saturated rings. The van der Waals surface area contributed by atoms with Gasteiger partial charge in [0.2, 0.25) is 0 Å². The van der Waals surface area contributed by atoms with Crippen molar-refractivity contribution in [3.05, 3.63) is 91.4 Å². The van der Waals surface area contributed by atoms with Gasteiger partial charge in [0, 0.05) is 21.3 Å². The second kappa shape index (κ2) is 11.2. The third-order valence-electron chi connectivity index (χ3n) is 4.95. The lowest BCUT2D eigenvalue weighted by molar-refractivity contribution is -0.118. The average molecular weight is 573 g/mol. The number of amides is 2. The van der Waals surface area contributed by atoms with E-state index in [0.717, 1.165) is 26.9 Å². The summed E-state index contributed by atoms with van der Waals surface area (Å²) in [4.78, 5) is 24.7. The summed E-state index contributed by atoms with van der Waals surface area (Å²) in [6.07, 6.45) is 1.47. The predicted octanol–water partition coefficient (Wildman–Crippen LogP) is 5.92. The van der Waals surface area contributed by atoms with Crippen LogP contribution < -0.4 is 15.5 Å². The third-order valence-corrected chi connectivity index (χ3v) is 5.99. The number of carbonyl (C=O) groups is 2. The topological polar surface area (TPSA) is 79.8 Å². The minimum Gasteiger partial charge on any atom is -0.482 e. The Morgan fingerprint density at radius 3 is 2.48 bits per heavy atom. The molecule has 0 aliphatic rings. The van der Waals surface area contributed by atoms with Crippen LogP contribution in [-0.4, -0.2) is 24.6 Å². The van der Waals surface area contributed by atoms with Crippen LogP contribution in [-0.2, 0) is 4.79 Å². The number of benzene rings is 3. The zero-order valence-electron chi connectivity index (χ0n) is 18.4. The van der Waals surface area contributed by atoms with Crippen LogP contribution in [0.25, 0.3) is 0 Å². The molecule has 2 N–H and O–H groups in total. The number of nitrogens with one attached hydrogen (secondary N) is 2. The molecule has 8 heteroatoms. The van der Waals surface area contributed by atoms with Gasteiger partial charge in [-0.2, -0.15) is 5.10 Å². The highest BCUT2D eigenvalue weighted by atomic mass is 79.9. The first-order valence-corrected chi connectivity index (χ1v) is 11.7. The maximum Gasteiger partial charge on any atom is 0.271 e. The molecule has 6 nitrogen and oxygen atoms in total. The summed E-state index contributed by atoms with van der Waals surface area (Å²) in [5.74, 6) is -0.174. The Balaban J connectivity index is 1.69. The number of halogens is 2. The minimum atomic E-state index is -0.323. The molecule has 0 radical (unpaired) electrons. The van der Waals surface area contributed by atoms with Gasteiger partial charge in [0.1, 0.15) is 5.75 Å². The number of hydrazone groups is 1. The van der Waals surface area contributed by atoms with Gasteiger partial charge in [-0.05, 0) is 78.2 Å². The first kappa shape index (κ1) is 24.7. The number of aryl methyl sites for hydroxylation is 2. The van der Waals surface area contributed by atoms with Crippen LogP contribution in [0, 0.1) is 20.8 Å². The molecule has 170 valence electrons. The van der Waals surface area contributed by atoms with Gasteiger partial charge >= 0.3 is 0 Å². The fraction of sp³-hybridized carbons (Fsp3) is 0.160. The number of anilines is 1. The Morgan fingerprint density at radius 2 is 1.76 bits per heavy atom. The van der Waals surface area contributed by atoms with E-state index in [1.54, 1.807) is 24.3 Å². The van der Waals surface area contributed by atoms with Crippen LogP contribution in [0.1, 0.15) is 32.6 Å². The van der Waals surface area contributed by atoms with E-state index < -0.39 is 0 Å². The number of ether oxygens (including phenoxy) is 1. The van der Waals surface area contributed by atoms with E-state index in [9.17, 15) is 9.59 Å². The van der Waals surface area contributed by atoms with Crippen molar-refractivity contribution in [1.29, 1.82) is 0 Å². The number of nitrogens with zero attached hydrogens (tertiary/aromatic N) is 1. The van der Waals surface area contributed by atoms with E-state index in [-0.39, 0.29) is 18.4 Å². The van der Waals surface area contributed by atoms with E-state index in [1.165, 1.54) is 6.21 Å². The van der Waals surface area contributed by atoms with Crippen LogP contribution in [0.15, 0.2) is 68.6 Å². The van der Waals surface area contributed by atoms with Crippen LogP contribution in [0.5, 0.6) is 5.75 Å². The summed E-state index contributed by atoms with van der Waals surface area (Å²) in [5.41, 5.74) is 7.51. The summed E-state index contributed by atoms with van der Waals surface area (Å²) in [6, 6.07) is 16.5. The largest absolute Gasteiger partial charge is 0.482 e. The Bertz CT molecular complexity index is 1210. The molecule has 0 saturated heterocycles. The van der Waals surface area contributed by atoms with Gasteiger partial charge in [-0.15, -0.1) is 0 Å². The molecule has 0 aromatic heterocycles. The normalized spacial score (nSPS) is 10.8. The van der Waals surface area contributed by atoms with Crippen molar-refractivity contribution in [2.45, 2.75) is 20.8 Å². The van der Waals surface area contributed by atoms with Crippen molar-refractivity contribution < 1.29 is 14.3 Å². The Morgan fingerprint density at radius 1 is 1.03 bits per heavy atom. The monoisotopic (exact) mass is 571 g/mol. The summed E-state index contributed by atoms with van der Waals surface area (Å²) in [5, 5.41) is 6.93. The molecule has 0 spiro atoms. The molecule has 0 unspecified atom stereocenters. The number of carbonyl (C=O) groups excluding carboxylic acids is 2. The highest BCUT2D eigenvalue weighted by Gasteiger charge is 2.13. The van der Waals surface area contributed by atoms with Crippen molar-refractivity contribution in [1.82, 2.24) is 5.43 Å². The third kappa shape index (κ3) is 6.76. The van der Waals surface area contributed by atoms with Gasteiger partial charge in [-0.25, -0.2) is 5.43 Å². The SMILES string of the molecule is Cc1ccc(C(=O)N/N=C/c2cc(Br)cc(Br)c2OCC(=O)Nc2cccc(C)c2C)cc1. The van der Waals surface area contributed by atoms with E-state index in [4.69, 9.17) is 4.74 Å². The molecule has 0 saturated carbocycles. The summed E-state index contributed by atoms with van der Waals surface area (Å²) < 4.78 is 7.23. The maximum atomic E-state index is 12.5. The summed E-state index contributed by atoms with van der Waals surface area (Å²) in [6.45, 7) is 5.71. The van der Waals surface area contributed by atoms with Crippen LogP contribution in [0.3, 0.4) is 0 Å². The summed E-state index contributed by atoms with van der Waals surface area (Å²) in [7, 11) is 0. The fourth-order valence-electron chi connectivity index (χ4n) is 2.97. The van der Waals surface area contributed by atoms with Crippen LogP contribution >= 0.6 is 31.9 Å². The van der Waals surface area contributed by atoms with Crippen LogP contribution in [0.4, 0.5) is 5.69 Å². The molecule has 0 heterocycles. The van der Waals surface area contributed by atoms with Gasteiger partial charge in [-0.1, -0.05) is 45.8 Å². The van der Waals surface area contributed by atoms with Crippen molar-refractivity contribution >= 4 is 55.6 Å². The molecule has 3 aromatic rings. The Kier molecular flexibility index (Phi) is 8.41. The molecule has 0 atom stereocenters. The first-order valence-electron chi connectivity index (χ1n) is 10.1. The second-order valence-corrected chi connectivity index (χ2v) is 9.23. The van der Waals surface area contributed by atoms with Crippen molar-refractivity contribution in [3.63, 3.8) is 0 Å². The number of rotatable bonds is 7. The highest BCUT2D eigenvalue weighted by Crippen LogP contribution is 2.32. The number of hydrogen-bond acceptors (Lipinski definition) is 4. The van der Waals surface area contributed by atoms with E-state index in [0.29, 0.717) is 21.3 Å². The van der Waals surface area contributed by atoms with Crippen molar-refractivity contribution in [2.75, 3.05) is 11.9 Å². The Hall–Kier alpha value is -2.97. The van der Waals surface area contributed by atoms with Gasteiger partial charge in [0.15, 0.2) is 6.61 Å². The maximum absolute atomic E-state index is 12.5. The zero-order chi connectivity index (χ0) is 24.0. The van der Waals surface area contributed by atoms with Crippen LogP contribution in [0.2, 0.25) is 0 Å². The molecule has 2 amide bonds. The molecule has 3 rings (SSSR count).